The largest absolute Gasteiger partial charge is 0.416 e. The van der Waals surface area contributed by atoms with E-state index in [0.717, 1.165) is 25.0 Å². The maximum atomic E-state index is 12.9. The molecule has 0 unspecified atom stereocenters. The molecule has 1 saturated heterocycles. The van der Waals surface area contributed by atoms with Crippen LogP contribution in [-0.2, 0) is 21.1 Å². The summed E-state index contributed by atoms with van der Waals surface area (Å²) < 4.78 is 44.4. The standard InChI is InChI=1S/C18H22F3NO2/c1-2-24-15-6-10-22(11-7-15)16(23)17(8-9-17)13-4-3-5-14(12-13)18(19,20)21/h3-5,12,15H,2,6-11H2,1H3. The van der Waals surface area contributed by atoms with E-state index in [2.05, 4.69) is 0 Å². The number of benzene rings is 1. The number of ether oxygens (including phenoxy) is 1. The fourth-order valence-corrected chi connectivity index (χ4v) is 3.51. The Morgan fingerprint density at radius 1 is 1.29 bits per heavy atom. The van der Waals surface area contributed by atoms with E-state index in [1.807, 2.05) is 6.92 Å². The molecule has 2 fully saturated rings. The number of hydrogen-bond donors (Lipinski definition) is 0. The summed E-state index contributed by atoms with van der Waals surface area (Å²) in [7, 11) is 0. The second kappa shape index (κ2) is 6.39. The Kier molecular flexibility index (Phi) is 4.60. The zero-order chi connectivity index (χ0) is 17.4. The van der Waals surface area contributed by atoms with Crippen LogP contribution in [0.4, 0.5) is 13.2 Å². The lowest BCUT2D eigenvalue weighted by molar-refractivity contribution is -0.139. The highest BCUT2D eigenvalue weighted by Crippen LogP contribution is 2.50. The van der Waals surface area contributed by atoms with E-state index in [-0.39, 0.29) is 12.0 Å². The maximum Gasteiger partial charge on any atom is 0.416 e. The number of carbonyl (C=O) groups excluding carboxylic acids is 1. The Hall–Kier alpha value is -1.56. The van der Waals surface area contributed by atoms with Gasteiger partial charge in [-0.3, -0.25) is 4.79 Å². The first-order valence-electron chi connectivity index (χ1n) is 8.45. The summed E-state index contributed by atoms with van der Waals surface area (Å²) in [5.41, 5.74) is -0.942. The van der Waals surface area contributed by atoms with Crippen LogP contribution < -0.4 is 0 Å². The quantitative estimate of drug-likeness (QED) is 0.834. The molecule has 0 N–H and O–H groups in total. The number of alkyl halides is 3. The molecule has 3 nitrogen and oxygen atoms in total. The zero-order valence-corrected chi connectivity index (χ0v) is 13.7. The topological polar surface area (TPSA) is 29.5 Å². The van der Waals surface area contributed by atoms with Crippen LogP contribution in [0.2, 0.25) is 0 Å². The number of carbonyl (C=O) groups is 1. The van der Waals surface area contributed by atoms with Gasteiger partial charge in [0.25, 0.3) is 0 Å². The Morgan fingerprint density at radius 2 is 1.96 bits per heavy atom. The van der Waals surface area contributed by atoms with Crippen molar-refractivity contribution in [3.63, 3.8) is 0 Å². The van der Waals surface area contributed by atoms with Crippen LogP contribution >= 0.6 is 0 Å². The summed E-state index contributed by atoms with van der Waals surface area (Å²) in [5.74, 6) is -0.0308. The normalized spacial score (nSPS) is 20.9. The molecule has 1 aliphatic heterocycles. The van der Waals surface area contributed by atoms with Crippen molar-refractivity contribution in [2.24, 2.45) is 0 Å². The first-order valence-corrected chi connectivity index (χ1v) is 8.45. The van der Waals surface area contributed by atoms with Crippen LogP contribution in [-0.4, -0.2) is 36.6 Å². The number of hydrogen-bond acceptors (Lipinski definition) is 2. The van der Waals surface area contributed by atoms with Gasteiger partial charge in [-0.25, -0.2) is 0 Å². The smallest absolute Gasteiger partial charge is 0.378 e. The fourth-order valence-electron chi connectivity index (χ4n) is 3.51. The minimum Gasteiger partial charge on any atom is -0.378 e. The second-order valence-electron chi connectivity index (χ2n) is 6.61. The van der Waals surface area contributed by atoms with Crippen molar-refractivity contribution in [3.05, 3.63) is 35.4 Å². The zero-order valence-electron chi connectivity index (χ0n) is 13.7. The third-order valence-corrected chi connectivity index (χ3v) is 5.03. The lowest BCUT2D eigenvalue weighted by atomic mass is 9.91. The highest BCUT2D eigenvalue weighted by atomic mass is 19.4. The van der Waals surface area contributed by atoms with Crippen molar-refractivity contribution in [1.29, 1.82) is 0 Å². The van der Waals surface area contributed by atoms with E-state index in [0.29, 0.717) is 38.1 Å². The molecule has 2 aliphatic rings. The van der Waals surface area contributed by atoms with Gasteiger partial charge >= 0.3 is 6.18 Å². The van der Waals surface area contributed by atoms with Gasteiger partial charge in [-0.05, 0) is 44.2 Å². The van der Waals surface area contributed by atoms with Crippen molar-refractivity contribution in [2.75, 3.05) is 19.7 Å². The fraction of sp³-hybridized carbons (Fsp3) is 0.611. The number of halogens is 3. The molecule has 0 bridgehead atoms. The van der Waals surface area contributed by atoms with E-state index in [9.17, 15) is 18.0 Å². The Labute approximate surface area is 139 Å². The molecule has 1 aromatic rings. The van der Waals surface area contributed by atoms with Gasteiger partial charge < -0.3 is 9.64 Å². The highest BCUT2D eigenvalue weighted by molar-refractivity contribution is 5.91. The minimum absolute atomic E-state index is 0.0308. The van der Waals surface area contributed by atoms with Gasteiger partial charge in [0.2, 0.25) is 5.91 Å². The molecular weight excluding hydrogens is 319 g/mol. The molecule has 3 rings (SSSR count). The molecule has 0 radical (unpaired) electrons. The number of rotatable bonds is 4. The van der Waals surface area contributed by atoms with Crippen molar-refractivity contribution in [1.82, 2.24) is 4.90 Å². The number of amides is 1. The van der Waals surface area contributed by atoms with E-state index >= 15 is 0 Å². The molecule has 24 heavy (non-hydrogen) atoms. The summed E-state index contributed by atoms with van der Waals surface area (Å²) in [6.07, 6.45) is -1.37. The molecule has 0 spiro atoms. The summed E-state index contributed by atoms with van der Waals surface area (Å²) in [6, 6.07) is 5.23. The summed E-state index contributed by atoms with van der Waals surface area (Å²) in [5, 5.41) is 0. The second-order valence-corrected chi connectivity index (χ2v) is 6.61. The molecule has 0 aromatic heterocycles. The average molecular weight is 341 g/mol. The maximum absolute atomic E-state index is 12.9. The van der Waals surface area contributed by atoms with Crippen LogP contribution in [0, 0.1) is 0 Å². The van der Waals surface area contributed by atoms with Crippen molar-refractivity contribution in [2.45, 2.75) is 50.3 Å². The van der Waals surface area contributed by atoms with Gasteiger partial charge in [-0.15, -0.1) is 0 Å². The Bertz CT molecular complexity index is 603. The van der Waals surface area contributed by atoms with Gasteiger partial charge in [0, 0.05) is 19.7 Å². The van der Waals surface area contributed by atoms with Crippen molar-refractivity contribution < 1.29 is 22.7 Å². The van der Waals surface area contributed by atoms with Crippen molar-refractivity contribution in [3.8, 4) is 0 Å². The lowest BCUT2D eigenvalue weighted by Gasteiger charge is -2.34. The predicted molar refractivity (Wildman–Crippen MR) is 83.6 cm³/mol. The van der Waals surface area contributed by atoms with Gasteiger partial charge in [0.1, 0.15) is 0 Å². The number of nitrogens with zero attached hydrogens (tertiary/aromatic N) is 1. The van der Waals surface area contributed by atoms with Gasteiger partial charge in [-0.2, -0.15) is 13.2 Å². The molecular formula is C18H22F3NO2. The van der Waals surface area contributed by atoms with E-state index in [4.69, 9.17) is 4.74 Å². The third kappa shape index (κ3) is 3.29. The van der Waals surface area contributed by atoms with E-state index in [1.165, 1.54) is 6.07 Å². The number of piperidine rings is 1. The molecule has 1 aliphatic carbocycles. The predicted octanol–water partition coefficient (Wildman–Crippen LogP) is 3.76. The van der Waals surface area contributed by atoms with E-state index in [1.54, 1.807) is 11.0 Å². The molecule has 6 heteroatoms. The van der Waals surface area contributed by atoms with Gasteiger partial charge in [0.05, 0.1) is 17.1 Å². The summed E-state index contributed by atoms with van der Waals surface area (Å²) in [6.45, 7) is 3.84. The summed E-state index contributed by atoms with van der Waals surface area (Å²) in [4.78, 5) is 14.7. The third-order valence-electron chi connectivity index (χ3n) is 5.03. The highest BCUT2D eigenvalue weighted by Gasteiger charge is 2.53. The molecule has 132 valence electrons. The van der Waals surface area contributed by atoms with E-state index < -0.39 is 17.2 Å². The SMILES string of the molecule is CCOC1CCN(C(=O)C2(c3cccc(C(F)(F)F)c3)CC2)CC1. The van der Waals surface area contributed by atoms with Gasteiger partial charge in [0.15, 0.2) is 0 Å². The monoisotopic (exact) mass is 341 g/mol. The Balaban J connectivity index is 1.74. The van der Waals surface area contributed by atoms with Crippen molar-refractivity contribution >= 4 is 5.91 Å². The molecule has 1 heterocycles. The van der Waals surface area contributed by atoms with Crippen LogP contribution in [0.3, 0.4) is 0 Å². The summed E-state index contributed by atoms with van der Waals surface area (Å²) >= 11 is 0. The Morgan fingerprint density at radius 3 is 2.50 bits per heavy atom. The first-order chi connectivity index (χ1) is 11.4. The molecule has 1 aromatic carbocycles. The van der Waals surface area contributed by atoms with Crippen LogP contribution in [0.15, 0.2) is 24.3 Å². The lowest BCUT2D eigenvalue weighted by Crippen LogP contribution is -2.45. The molecule has 1 saturated carbocycles. The first kappa shape index (κ1) is 17.3. The minimum atomic E-state index is -4.38. The molecule has 0 atom stereocenters. The number of likely N-dealkylation sites (tertiary alicyclic amines) is 1. The van der Waals surface area contributed by atoms with Crippen LogP contribution in [0.1, 0.15) is 43.7 Å². The average Bonchev–Trinajstić information content (AvgIpc) is 3.36. The van der Waals surface area contributed by atoms with Crippen LogP contribution in [0.5, 0.6) is 0 Å². The van der Waals surface area contributed by atoms with Gasteiger partial charge in [-0.1, -0.05) is 18.2 Å². The molecule has 1 amide bonds. The van der Waals surface area contributed by atoms with Crippen LogP contribution in [0.25, 0.3) is 0 Å².